The van der Waals surface area contributed by atoms with Crippen LogP contribution >= 0.6 is 35.2 Å². The molecule has 0 spiro atoms. The minimum absolute atomic E-state index is 0. The van der Waals surface area contributed by atoms with Crippen LogP contribution in [0.4, 0.5) is 0 Å². The number of carbonyl (C=O) groups is 3. The number of aliphatic imine (C=N–C) groups is 5. The molecule has 6 aromatic heterocycles. The van der Waals surface area contributed by atoms with E-state index >= 15 is 0 Å². The lowest BCUT2D eigenvalue weighted by Crippen LogP contribution is -2.22. The molecule has 0 unspecified atom stereocenters. The summed E-state index contributed by atoms with van der Waals surface area (Å²) in [6, 6.07) is 3.11. The molecule has 114 heavy (non-hydrogen) atoms. The molecule has 0 saturated heterocycles. The largest absolute Gasteiger partial charge is 0.472 e. The SMILES string of the molecule is C.C=C1CN=C(C(C)C)N1.C=C1N=C(C(C)C)NO1.C=C1N=C(C(C)C)NO1.C=C1N=C(C(C)C)NS1.CC(C)C1=NCC(=O)O1.CC(C)c1cc(=O)[nH]o1.CC(C)c1cc(=O)[nH]s1.CC(C)c1cnc[nH]1.CC(C)c1nn[nH]n1.CC(C)c1ns[nH]c1=O.CNC(=O)C(C)C.CNC(=O)C(C)C.Cc1cocc(C(C)C)c1=O. The van der Waals surface area contributed by atoms with Crippen LogP contribution < -0.4 is 53.7 Å². The fraction of sp³-hybridized carbons (Fsp3) is 0.577. The number of tetrazole rings is 1. The summed E-state index contributed by atoms with van der Waals surface area (Å²) in [4.78, 5) is 112. The van der Waals surface area contributed by atoms with Gasteiger partial charge in [-0.1, -0.05) is 217 Å². The normalized spacial score (nSPS) is 13.1. The van der Waals surface area contributed by atoms with Gasteiger partial charge in [-0.05, 0) is 37.8 Å². The number of hydrogen-bond acceptors (Lipinski definition) is 29. The molecule has 0 radical (unpaired) electrons. The van der Waals surface area contributed by atoms with E-state index < -0.39 is 0 Å². The van der Waals surface area contributed by atoms with Gasteiger partial charge in [0, 0.05) is 143 Å². The van der Waals surface area contributed by atoms with Gasteiger partial charge in [0.05, 0.1) is 25.4 Å². The van der Waals surface area contributed by atoms with Gasteiger partial charge in [-0.3, -0.25) is 42.5 Å². The Morgan fingerprint density at radius 1 is 0.579 bits per heavy atom. The molecule has 0 saturated carbocycles. The number of nitrogens with zero attached hydrogens (tertiary/aromatic N) is 10. The van der Waals surface area contributed by atoms with E-state index in [9.17, 15) is 33.6 Å². The number of cyclic esters (lactones) is 1. The Labute approximate surface area is 686 Å². The van der Waals surface area contributed by atoms with Crippen molar-refractivity contribution in [2.75, 3.05) is 27.2 Å². The van der Waals surface area contributed by atoms with Crippen LogP contribution in [0, 0.1) is 48.3 Å². The average molecular weight is 1650 g/mol. The first-order chi connectivity index (χ1) is 52.7. The van der Waals surface area contributed by atoms with Gasteiger partial charge < -0.3 is 49.0 Å². The molecule has 0 bridgehead atoms. The highest BCUT2D eigenvalue weighted by Gasteiger charge is 2.19. The lowest BCUT2D eigenvalue weighted by Gasteiger charge is -2.03. The lowest BCUT2D eigenvalue weighted by atomic mass is 10.0. The summed E-state index contributed by atoms with van der Waals surface area (Å²) in [7, 11) is 3.28. The van der Waals surface area contributed by atoms with Crippen molar-refractivity contribution in [1.29, 1.82) is 0 Å². The van der Waals surface area contributed by atoms with Crippen molar-refractivity contribution in [1.82, 2.24) is 80.5 Å². The number of aromatic nitrogens is 10. The Bertz CT molecular complexity index is 3920. The van der Waals surface area contributed by atoms with E-state index in [0.29, 0.717) is 76.1 Å². The number of esters is 1. The maximum atomic E-state index is 11.4. The minimum Gasteiger partial charge on any atom is -0.472 e. The fourth-order valence-electron chi connectivity index (χ4n) is 7.26. The summed E-state index contributed by atoms with van der Waals surface area (Å²) in [5.74, 6) is 11.1. The number of H-pyrrole nitrogens is 5. The molecular formula is C78H133N21O12S3. The first kappa shape index (κ1) is 108. The number of aryl methyl sites for hydroxylation is 1. The van der Waals surface area contributed by atoms with Crippen LogP contribution in [0.25, 0.3) is 0 Å². The number of carbonyl (C=O) groups excluding carboxylic acids is 3. The quantitative estimate of drug-likeness (QED) is 0.0378. The number of amidine groups is 4. The van der Waals surface area contributed by atoms with Crippen molar-refractivity contribution in [3.63, 3.8) is 0 Å². The third kappa shape index (κ3) is 48.1. The Kier molecular flexibility index (Phi) is 55.7. The van der Waals surface area contributed by atoms with Crippen molar-refractivity contribution in [2.45, 2.75) is 230 Å². The number of ether oxygens (including phenoxy) is 1. The van der Waals surface area contributed by atoms with E-state index in [0.717, 1.165) is 68.6 Å². The monoisotopic (exact) mass is 1650 g/mol. The van der Waals surface area contributed by atoms with Gasteiger partial charge in [-0.2, -0.15) is 24.7 Å². The second-order valence-electron chi connectivity index (χ2n) is 28.9. The molecule has 640 valence electrons. The second-order valence-corrected chi connectivity index (χ2v) is 31.3. The number of hydrogen-bond donors (Lipinski definition) is 11. The van der Waals surface area contributed by atoms with Gasteiger partial charge in [-0.15, -0.1) is 10.2 Å². The first-order valence-corrected chi connectivity index (χ1v) is 39.6. The van der Waals surface area contributed by atoms with E-state index in [-0.39, 0.29) is 89.4 Å². The summed E-state index contributed by atoms with van der Waals surface area (Å²) in [5.41, 5.74) is 9.50. The number of hydroxylamine groups is 2. The summed E-state index contributed by atoms with van der Waals surface area (Å²) >= 11 is 4.01. The predicted octanol–water partition coefficient (Wildman–Crippen LogP) is 14.6. The number of nitrogens with one attached hydrogen (secondary N) is 11. The van der Waals surface area contributed by atoms with Crippen LogP contribution in [0.5, 0.6) is 0 Å². The van der Waals surface area contributed by atoms with Gasteiger partial charge >= 0.3 is 5.97 Å². The molecule has 5 aliphatic rings. The summed E-state index contributed by atoms with van der Waals surface area (Å²) in [5, 5.41) is 24.6. The molecular weight excluding hydrogens is 1520 g/mol. The van der Waals surface area contributed by atoms with Gasteiger partial charge in [-0.25, -0.2) is 30.7 Å². The number of imidazole rings is 1. The molecule has 5 aliphatic heterocycles. The third-order valence-corrected chi connectivity index (χ3v) is 16.4. The molecule has 36 heteroatoms. The standard InChI is InChI=1S/C9H12O2.C7H12N2.2C6H10N2O.C6H10N2S.C6H10N2.2C6H9NO2.C6H9NOS.C5H8N2OS.2C5H11NO.C4H8N4.CH4/c1-6(2)8-5-11-4-7(3)9(8)10;1-5(2)7-8-4-6(3)9-7;3*1-4(2)6-7-5(3)9-8-6;1-5(2)6-3-7-4-8-6;1-4(2)6-7-3-5(8)9-6;2*1-4(2)5-3-6(8)7-9-5;1-3(2)4-5(8)7-9-6-4;2*1-4(2)5(7)6-3;1-3(2)4-5-7-8-6-4;/h4-6H,1-3H3;5H,3-4H2,1-2H3,(H,8,9);3*4H,3H2,1-2H3,(H,7,8);3-5H,1-2H3,(H,7,8);4H,3H2,1-2H3;2*3-4H,1-2H3,(H,7,8);3H,1-2H3,(H,7,8);2*4H,1-3H3,(H,6,7);3H,1-2H3,(H,5,6,7,8);1H4. The van der Waals surface area contributed by atoms with Crippen LogP contribution in [0.3, 0.4) is 0 Å². The first-order valence-electron chi connectivity index (χ1n) is 37.2. The zero-order valence-electron chi connectivity index (χ0n) is 71.8. The van der Waals surface area contributed by atoms with Crippen LogP contribution in [-0.4, -0.2) is 123 Å². The zero-order chi connectivity index (χ0) is 86.9. The highest BCUT2D eigenvalue weighted by molar-refractivity contribution is 8.02. The molecule has 33 nitrogen and oxygen atoms in total. The zero-order valence-corrected chi connectivity index (χ0v) is 74.3. The fourth-order valence-corrected chi connectivity index (χ4v) is 9.21. The lowest BCUT2D eigenvalue weighted by molar-refractivity contribution is -0.132. The molecule has 0 fully saturated rings. The average Bonchev–Trinajstić information content (AvgIpc) is 1.65. The number of amides is 2. The van der Waals surface area contributed by atoms with Crippen LogP contribution in [0.2, 0.25) is 0 Å². The van der Waals surface area contributed by atoms with E-state index in [2.05, 4.69) is 187 Å². The molecule has 2 amide bonds. The molecule has 6 aromatic rings. The Morgan fingerprint density at radius 2 is 1.12 bits per heavy atom. The highest BCUT2D eigenvalue weighted by atomic mass is 32.2. The van der Waals surface area contributed by atoms with E-state index in [1.165, 1.54) is 47.8 Å². The van der Waals surface area contributed by atoms with Gasteiger partial charge in [0.1, 0.15) is 46.4 Å². The Hall–Kier alpha value is -10.1. The van der Waals surface area contributed by atoms with Crippen molar-refractivity contribution in [3.05, 3.63) is 166 Å². The number of rotatable bonds is 13. The van der Waals surface area contributed by atoms with Crippen molar-refractivity contribution in [2.24, 2.45) is 66.4 Å². The van der Waals surface area contributed by atoms with Crippen LogP contribution in [-0.2, 0) is 28.8 Å². The van der Waals surface area contributed by atoms with Gasteiger partial charge in [0.15, 0.2) is 17.2 Å². The smallest absolute Gasteiger partial charge is 0.334 e. The summed E-state index contributed by atoms with van der Waals surface area (Å²) in [6.45, 7) is 69.3. The number of aromatic amines is 5. The third-order valence-electron chi connectivity index (χ3n) is 14.1. The topological polar surface area (TPSA) is 451 Å². The van der Waals surface area contributed by atoms with E-state index in [4.69, 9.17) is 23.4 Å². The highest BCUT2D eigenvalue weighted by Crippen LogP contribution is 2.20. The summed E-state index contributed by atoms with van der Waals surface area (Å²) < 4.78 is 26.6. The maximum absolute atomic E-state index is 11.4. The van der Waals surface area contributed by atoms with Crippen molar-refractivity contribution < 1.29 is 37.7 Å². The van der Waals surface area contributed by atoms with Gasteiger partial charge in [0.2, 0.25) is 23.6 Å². The molecule has 11 heterocycles. The van der Waals surface area contributed by atoms with E-state index in [1.807, 2.05) is 131 Å². The Balaban J connectivity index is -0.00000117. The predicted molar refractivity (Wildman–Crippen MR) is 465 cm³/mol. The van der Waals surface area contributed by atoms with Crippen molar-refractivity contribution >= 4 is 82.2 Å². The molecule has 11 rings (SSSR count). The maximum Gasteiger partial charge on any atom is 0.334 e. The summed E-state index contributed by atoms with van der Waals surface area (Å²) in [6.07, 6.45) is 6.56. The second kappa shape index (κ2) is 58.7. The molecule has 0 atom stereocenters. The molecule has 0 aliphatic carbocycles. The minimum atomic E-state index is -0.237. The van der Waals surface area contributed by atoms with Gasteiger partial charge in [0.25, 0.3) is 16.7 Å². The molecule has 0 aromatic carbocycles. The van der Waals surface area contributed by atoms with E-state index in [1.54, 1.807) is 33.4 Å². The Morgan fingerprint density at radius 3 is 1.32 bits per heavy atom. The molecule has 11 N–H and O–H groups in total. The van der Waals surface area contributed by atoms with Crippen molar-refractivity contribution in [3.8, 4) is 0 Å². The van der Waals surface area contributed by atoms with Crippen LogP contribution in [0.1, 0.15) is 262 Å². The van der Waals surface area contributed by atoms with Crippen LogP contribution in [0.15, 0.2) is 139 Å².